The van der Waals surface area contributed by atoms with Crippen LogP contribution in [0.2, 0.25) is 5.02 Å². The van der Waals surface area contributed by atoms with Crippen molar-refractivity contribution < 1.29 is 23.0 Å². The zero-order chi connectivity index (χ0) is 21.2. The van der Waals surface area contributed by atoms with Gasteiger partial charge in [0.2, 0.25) is 11.5 Å². The summed E-state index contributed by atoms with van der Waals surface area (Å²) in [5, 5.41) is -0.0354. The van der Waals surface area contributed by atoms with Crippen molar-refractivity contribution in [2.45, 2.75) is 19.4 Å². The molecule has 1 heterocycles. The van der Waals surface area contributed by atoms with Crippen molar-refractivity contribution in [1.82, 2.24) is 9.97 Å². The number of methoxy groups -OCH3 is 1. The quantitative estimate of drug-likeness (QED) is 0.541. The Kier molecular flexibility index (Phi) is 5.79. The molecule has 0 spiro atoms. The average molecular weight is 419 g/mol. The maximum atomic E-state index is 13.9. The van der Waals surface area contributed by atoms with E-state index in [0.717, 1.165) is 0 Å². The van der Waals surface area contributed by atoms with E-state index in [9.17, 15) is 13.6 Å². The molecular weight excluding hydrogens is 402 g/mol. The van der Waals surface area contributed by atoms with Crippen LogP contribution in [0, 0.1) is 11.6 Å². The molecule has 0 unspecified atom stereocenters. The summed E-state index contributed by atoms with van der Waals surface area (Å²) in [6, 6.07) is 11.3. The molecule has 1 aromatic heterocycles. The van der Waals surface area contributed by atoms with Gasteiger partial charge in [0.25, 0.3) is 0 Å². The van der Waals surface area contributed by atoms with Gasteiger partial charge in [-0.25, -0.2) is 18.6 Å². The summed E-state index contributed by atoms with van der Waals surface area (Å²) in [7, 11) is 1.25. The highest BCUT2D eigenvalue weighted by Gasteiger charge is 2.32. The molecule has 150 valence electrons. The third kappa shape index (κ3) is 4.68. The lowest BCUT2D eigenvalue weighted by Gasteiger charge is -2.23. The summed E-state index contributed by atoms with van der Waals surface area (Å²) < 4.78 is 37.7. The molecule has 5 nitrogen and oxygen atoms in total. The maximum Gasteiger partial charge on any atom is 0.349 e. The molecule has 0 saturated carbocycles. The summed E-state index contributed by atoms with van der Waals surface area (Å²) in [4.78, 5) is 20.7. The monoisotopic (exact) mass is 418 g/mol. The second-order valence-corrected chi connectivity index (χ2v) is 7.06. The predicted molar refractivity (Wildman–Crippen MR) is 105 cm³/mol. The number of carbonyl (C=O) groups is 1. The second-order valence-electron chi connectivity index (χ2n) is 6.65. The van der Waals surface area contributed by atoms with E-state index in [1.54, 1.807) is 18.2 Å². The lowest BCUT2D eigenvalue weighted by atomic mass is 10.1. The van der Waals surface area contributed by atoms with Gasteiger partial charge >= 0.3 is 5.97 Å². The Morgan fingerprint density at radius 3 is 2.28 bits per heavy atom. The SMILES string of the molecule is COC(=O)C(C)(C)Oc1cc(-c2ccc(F)cc2)nc(-c2ccc(Cl)c(F)c2)n1. The lowest BCUT2D eigenvalue weighted by molar-refractivity contribution is -0.156. The first kappa shape index (κ1) is 20.7. The zero-order valence-corrected chi connectivity index (χ0v) is 16.6. The van der Waals surface area contributed by atoms with Crippen LogP contribution in [0.15, 0.2) is 48.5 Å². The third-order valence-corrected chi connectivity index (χ3v) is 4.36. The highest BCUT2D eigenvalue weighted by atomic mass is 35.5. The van der Waals surface area contributed by atoms with Crippen LogP contribution in [-0.4, -0.2) is 28.6 Å². The van der Waals surface area contributed by atoms with Crippen molar-refractivity contribution in [3.05, 3.63) is 65.2 Å². The number of halogens is 3. The molecule has 0 saturated heterocycles. The molecule has 0 radical (unpaired) electrons. The van der Waals surface area contributed by atoms with Gasteiger partial charge in [0.05, 0.1) is 17.8 Å². The van der Waals surface area contributed by atoms with Crippen molar-refractivity contribution in [2.24, 2.45) is 0 Å². The Hall–Kier alpha value is -3.06. The Labute approximate surface area is 171 Å². The van der Waals surface area contributed by atoms with E-state index < -0.39 is 23.2 Å². The smallest absolute Gasteiger partial charge is 0.349 e. The van der Waals surface area contributed by atoms with Crippen LogP contribution in [0.1, 0.15) is 13.8 Å². The molecule has 29 heavy (non-hydrogen) atoms. The van der Waals surface area contributed by atoms with E-state index in [-0.39, 0.29) is 16.7 Å². The summed E-state index contributed by atoms with van der Waals surface area (Å²) in [6.45, 7) is 3.06. The van der Waals surface area contributed by atoms with Crippen LogP contribution in [0.4, 0.5) is 8.78 Å². The van der Waals surface area contributed by atoms with Crippen molar-refractivity contribution in [3.63, 3.8) is 0 Å². The molecule has 0 atom stereocenters. The number of esters is 1. The highest BCUT2D eigenvalue weighted by Crippen LogP contribution is 2.29. The molecule has 0 aliphatic heterocycles. The first-order valence-electron chi connectivity index (χ1n) is 8.57. The second kappa shape index (κ2) is 8.13. The van der Waals surface area contributed by atoms with E-state index in [0.29, 0.717) is 16.8 Å². The number of hydrogen-bond donors (Lipinski definition) is 0. The minimum Gasteiger partial charge on any atom is -0.466 e. The van der Waals surface area contributed by atoms with E-state index in [2.05, 4.69) is 9.97 Å². The van der Waals surface area contributed by atoms with Gasteiger partial charge in [-0.3, -0.25) is 0 Å². The van der Waals surface area contributed by atoms with Crippen molar-refractivity contribution in [1.29, 1.82) is 0 Å². The van der Waals surface area contributed by atoms with Gasteiger partial charge in [0, 0.05) is 17.2 Å². The number of hydrogen-bond acceptors (Lipinski definition) is 5. The molecule has 0 N–H and O–H groups in total. The molecular formula is C21H17ClF2N2O3. The molecule has 0 bridgehead atoms. The fraction of sp³-hybridized carbons (Fsp3) is 0.190. The van der Waals surface area contributed by atoms with Gasteiger partial charge in [-0.15, -0.1) is 0 Å². The Morgan fingerprint density at radius 2 is 1.66 bits per heavy atom. The summed E-state index contributed by atoms with van der Waals surface area (Å²) in [5.41, 5.74) is 0.0221. The summed E-state index contributed by atoms with van der Waals surface area (Å²) in [5.74, 6) is -1.40. The van der Waals surface area contributed by atoms with Gasteiger partial charge in [-0.2, -0.15) is 4.98 Å². The van der Waals surface area contributed by atoms with E-state index in [1.807, 2.05) is 0 Å². The topological polar surface area (TPSA) is 61.3 Å². The average Bonchev–Trinajstić information content (AvgIpc) is 2.69. The highest BCUT2D eigenvalue weighted by molar-refractivity contribution is 6.30. The van der Waals surface area contributed by atoms with Gasteiger partial charge in [-0.1, -0.05) is 11.6 Å². The van der Waals surface area contributed by atoms with Gasteiger partial charge in [-0.05, 0) is 56.3 Å². The molecule has 0 fully saturated rings. The first-order valence-corrected chi connectivity index (χ1v) is 8.95. The zero-order valence-electron chi connectivity index (χ0n) is 15.9. The Balaban J connectivity index is 2.12. The van der Waals surface area contributed by atoms with Gasteiger partial charge in [0.15, 0.2) is 5.82 Å². The fourth-order valence-electron chi connectivity index (χ4n) is 2.56. The van der Waals surface area contributed by atoms with E-state index in [4.69, 9.17) is 21.1 Å². The molecule has 0 aliphatic carbocycles. The van der Waals surface area contributed by atoms with Crippen LogP contribution in [0.3, 0.4) is 0 Å². The van der Waals surface area contributed by atoms with Gasteiger partial charge < -0.3 is 9.47 Å². The van der Waals surface area contributed by atoms with E-state index in [1.165, 1.54) is 51.3 Å². The minimum absolute atomic E-state index is 0.0354. The molecule has 0 amide bonds. The summed E-state index contributed by atoms with van der Waals surface area (Å²) in [6.07, 6.45) is 0. The lowest BCUT2D eigenvalue weighted by Crippen LogP contribution is -2.39. The Morgan fingerprint density at radius 1 is 1.00 bits per heavy atom. The number of benzene rings is 2. The predicted octanol–water partition coefficient (Wildman–Crippen LogP) is 5.07. The van der Waals surface area contributed by atoms with Crippen LogP contribution < -0.4 is 4.74 Å². The van der Waals surface area contributed by atoms with Crippen LogP contribution in [0.5, 0.6) is 5.88 Å². The first-order chi connectivity index (χ1) is 13.7. The molecule has 3 rings (SSSR count). The fourth-order valence-corrected chi connectivity index (χ4v) is 2.68. The molecule has 0 aliphatic rings. The minimum atomic E-state index is -1.33. The number of nitrogens with zero attached hydrogens (tertiary/aromatic N) is 2. The van der Waals surface area contributed by atoms with Gasteiger partial charge in [0.1, 0.15) is 11.6 Å². The molecule has 2 aromatic carbocycles. The number of ether oxygens (including phenoxy) is 2. The van der Waals surface area contributed by atoms with Crippen LogP contribution in [-0.2, 0) is 9.53 Å². The van der Waals surface area contributed by atoms with Crippen LogP contribution >= 0.6 is 11.6 Å². The van der Waals surface area contributed by atoms with E-state index >= 15 is 0 Å². The Bertz CT molecular complexity index is 1060. The normalized spacial score (nSPS) is 11.2. The largest absolute Gasteiger partial charge is 0.466 e. The number of aromatic nitrogens is 2. The van der Waals surface area contributed by atoms with Crippen molar-refractivity contribution in [3.8, 4) is 28.5 Å². The third-order valence-electron chi connectivity index (χ3n) is 4.06. The standard InChI is InChI=1S/C21H17ClF2N2O3/c1-21(2,20(27)28-3)29-18-11-17(12-4-7-14(23)8-5-12)25-19(26-18)13-6-9-15(22)16(24)10-13/h4-11H,1-3H3. The summed E-state index contributed by atoms with van der Waals surface area (Å²) >= 11 is 5.75. The molecule has 8 heteroatoms. The molecule has 3 aromatic rings. The van der Waals surface area contributed by atoms with Crippen molar-refractivity contribution in [2.75, 3.05) is 7.11 Å². The van der Waals surface area contributed by atoms with Crippen LogP contribution in [0.25, 0.3) is 22.6 Å². The number of carbonyl (C=O) groups excluding carboxylic acids is 1. The number of rotatable bonds is 5. The van der Waals surface area contributed by atoms with Crippen molar-refractivity contribution >= 4 is 17.6 Å². The maximum absolute atomic E-state index is 13.9.